The number of rotatable bonds is 64. The third kappa shape index (κ3) is 62.9. The molecule has 1 amide bonds. The zero-order valence-electron chi connectivity index (χ0n) is 51.7. The molecule has 77 heavy (non-hydrogen) atoms. The Morgan fingerprint density at radius 1 is 0.364 bits per heavy atom. The topological polar surface area (TPSA) is 95.9 Å². The number of carbonyl (C=O) groups excluding carboxylic acids is 2. The van der Waals surface area contributed by atoms with E-state index in [1.807, 2.05) is 6.08 Å². The highest BCUT2D eigenvalue weighted by molar-refractivity contribution is 5.76. The van der Waals surface area contributed by atoms with E-state index in [9.17, 15) is 19.8 Å². The number of ether oxygens (including phenoxy) is 1. The van der Waals surface area contributed by atoms with Crippen molar-refractivity contribution in [3.8, 4) is 0 Å². The van der Waals surface area contributed by atoms with Crippen molar-refractivity contribution < 1.29 is 24.5 Å². The molecule has 2 atom stereocenters. The normalized spacial score (nSPS) is 12.8. The number of hydrogen-bond donors (Lipinski definition) is 3. The Bertz CT molecular complexity index is 1290. The van der Waals surface area contributed by atoms with Gasteiger partial charge in [0, 0.05) is 12.8 Å². The second-order valence-corrected chi connectivity index (χ2v) is 23.5. The number of esters is 1. The van der Waals surface area contributed by atoms with Gasteiger partial charge in [0.15, 0.2) is 0 Å². The Hall–Kier alpha value is -2.18. The highest BCUT2D eigenvalue weighted by atomic mass is 16.5. The zero-order chi connectivity index (χ0) is 55.7. The standard InChI is InChI=1S/C71H133NO5/c1-3-5-7-9-11-13-15-17-41-45-49-53-57-61-65-71(76)77-66-62-58-54-50-46-42-38-36-34-32-30-28-26-24-22-20-18-19-21-23-25-27-29-31-33-35-37-40-44-48-52-56-60-64-70(75)72-68(67-73)69(74)63-59-55-51-47-43-39-16-14-12-10-8-6-4-2/h15,17,22,24,28,30,59,63,68-69,73-74H,3-14,16,18-21,23,25-27,29,31-58,60-62,64-67H2,1-2H3,(H,72,75)/b17-15-,24-22-,30-28-,63-59+. The lowest BCUT2D eigenvalue weighted by molar-refractivity contribution is -0.143. The van der Waals surface area contributed by atoms with Gasteiger partial charge in [0.05, 0.1) is 25.4 Å². The number of aliphatic hydroxyl groups is 2. The molecule has 0 aromatic rings. The molecule has 6 heteroatoms. The summed E-state index contributed by atoms with van der Waals surface area (Å²) in [5, 5.41) is 23.1. The van der Waals surface area contributed by atoms with E-state index >= 15 is 0 Å². The fraction of sp³-hybridized carbons (Fsp3) is 0.859. The van der Waals surface area contributed by atoms with Gasteiger partial charge >= 0.3 is 5.97 Å². The minimum Gasteiger partial charge on any atom is -0.466 e. The Labute approximate surface area is 480 Å². The number of hydrogen-bond acceptors (Lipinski definition) is 5. The minimum atomic E-state index is -0.843. The summed E-state index contributed by atoms with van der Waals surface area (Å²) < 4.78 is 5.48. The van der Waals surface area contributed by atoms with Crippen LogP contribution in [0.3, 0.4) is 0 Å². The molecule has 0 aromatic heterocycles. The Balaban J connectivity index is 3.39. The smallest absolute Gasteiger partial charge is 0.305 e. The van der Waals surface area contributed by atoms with Crippen LogP contribution in [0.25, 0.3) is 0 Å². The van der Waals surface area contributed by atoms with Crippen molar-refractivity contribution in [3.05, 3.63) is 48.6 Å². The summed E-state index contributed by atoms with van der Waals surface area (Å²) in [6.07, 6.45) is 86.2. The highest BCUT2D eigenvalue weighted by Gasteiger charge is 2.18. The van der Waals surface area contributed by atoms with Crippen LogP contribution >= 0.6 is 0 Å². The largest absolute Gasteiger partial charge is 0.466 e. The van der Waals surface area contributed by atoms with Crippen LogP contribution in [-0.2, 0) is 14.3 Å². The maximum Gasteiger partial charge on any atom is 0.305 e. The number of carbonyl (C=O) groups is 2. The molecule has 0 spiro atoms. The van der Waals surface area contributed by atoms with Crippen molar-refractivity contribution in [2.75, 3.05) is 13.2 Å². The zero-order valence-corrected chi connectivity index (χ0v) is 51.7. The predicted octanol–water partition coefficient (Wildman–Crippen LogP) is 22.1. The molecule has 6 nitrogen and oxygen atoms in total. The van der Waals surface area contributed by atoms with Crippen molar-refractivity contribution in [2.24, 2.45) is 0 Å². The second kappa shape index (κ2) is 66.3. The molecular weight excluding hydrogens is 947 g/mol. The summed E-state index contributed by atoms with van der Waals surface area (Å²) in [4.78, 5) is 24.5. The van der Waals surface area contributed by atoms with Crippen LogP contribution in [0.5, 0.6) is 0 Å². The maximum atomic E-state index is 12.5. The van der Waals surface area contributed by atoms with Gasteiger partial charge < -0.3 is 20.3 Å². The van der Waals surface area contributed by atoms with Gasteiger partial charge in [-0.25, -0.2) is 0 Å². The van der Waals surface area contributed by atoms with Crippen LogP contribution in [0.2, 0.25) is 0 Å². The quantitative estimate of drug-likeness (QED) is 0.0320. The lowest BCUT2D eigenvalue weighted by Gasteiger charge is -2.20. The van der Waals surface area contributed by atoms with E-state index < -0.39 is 12.1 Å². The monoisotopic (exact) mass is 1080 g/mol. The molecule has 452 valence electrons. The fourth-order valence-electron chi connectivity index (χ4n) is 10.5. The second-order valence-electron chi connectivity index (χ2n) is 23.5. The van der Waals surface area contributed by atoms with Gasteiger partial charge in [0.25, 0.3) is 0 Å². The lowest BCUT2D eigenvalue weighted by atomic mass is 10.0. The summed E-state index contributed by atoms with van der Waals surface area (Å²) in [6, 6.07) is -0.626. The first-order valence-electron chi connectivity index (χ1n) is 34.4. The molecule has 0 aliphatic rings. The molecule has 0 bridgehead atoms. The molecule has 0 radical (unpaired) electrons. The van der Waals surface area contributed by atoms with Gasteiger partial charge in [-0.2, -0.15) is 0 Å². The van der Waals surface area contributed by atoms with Crippen molar-refractivity contribution >= 4 is 11.9 Å². The van der Waals surface area contributed by atoms with Gasteiger partial charge in [-0.1, -0.05) is 313 Å². The van der Waals surface area contributed by atoms with Crippen LogP contribution in [0.4, 0.5) is 0 Å². The van der Waals surface area contributed by atoms with Gasteiger partial charge in [0.1, 0.15) is 0 Å². The molecule has 0 heterocycles. The van der Waals surface area contributed by atoms with Crippen LogP contribution < -0.4 is 5.32 Å². The first kappa shape index (κ1) is 74.8. The highest BCUT2D eigenvalue weighted by Crippen LogP contribution is 2.18. The van der Waals surface area contributed by atoms with Gasteiger partial charge in [-0.3, -0.25) is 9.59 Å². The average molecular weight is 1080 g/mol. The van der Waals surface area contributed by atoms with Crippen LogP contribution in [0.1, 0.15) is 367 Å². The van der Waals surface area contributed by atoms with E-state index in [-0.39, 0.29) is 18.5 Å². The van der Waals surface area contributed by atoms with E-state index in [2.05, 4.69) is 55.6 Å². The SMILES string of the molecule is CCCCCCC/C=C\CCCCCCCC(=O)OCCCCCCCCCCC/C=C\C/C=C\CCCCCCCCCCCCCCCCCCCC(=O)NC(CO)C(O)/C=C/CCCCCCCCCCCCC. The van der Waals surface area contributed by atoms with E-state index in [1.54, 1.807) is 6.08 Å². The maximum absolute atomic E-state index is 12.5. The molecule has 2 unspecified atom stereocenters. The summed E-state index contributed by atoms with van der Waals surface area (Å²) in [5.74, 6) is -0.0601. The Morgan fingerprint density at radius 3 is 1.00 bits per heavy atom. The Kier molecular flexibility index (Phi) is 64.5. The minimum absolute atomic E-state index is 0.00529. The molecule has 0 aliphatic carbocycles. The van der Waals surface area contributed by atoms with E-state index in [0.29, 0.717) is 19.4 Å². The third-order valence-corrected chi connectivity index (χ3v) is 15.8. The molecule has 3 N–H and O–H groups in total. The van der Waals surface area contributed by atoms with Crippen LogP contribution in [-0.4, -0.2) is 47.4 Å². The van der Waals surface area contributed by atoms with E-state index in [1.165, 1.54) is 289 Å². The molecule has 0 aliphatic heterocycles. The summed E-state index contributed by atoms with van der Waals surface area (Å²) in [5.41, 5.74) is 0. The molecule has 0 aromatic carbocycles. The summed E-state index contributed by atoms with van der Waals surface area (Å²) in [6.45, 7) is 4.90. The molecule has 0 saturated heterocycles. The molecule has 0 rings (SSSR count). The third-order valence-electron chi connectivity index (χ3n) is 15.8. The molecule has 0 saturated carbocycles. The van der Waals surface area contributed by atoms with Gasteiger partial charge in [0.2, 0.25) is 5.91 Å². The van der Waals surface area contributed by atoms with Crippen LogP contribution in [0.15, 0.2) is 48.6 Å². The molecular formula is C71H133NO5. The molecule has 0 fully saturated rings. The van der Waals surface area contributed by atoms with Crippen molar-refractivity contribution in [1.29, 1.82) is 0 Å². The summed E-state index contributed by atoms with van der Waals surface area (Å²) >= 11 is 0. The number of nitrogens with one attached hydrogen (secondary N) is 1. The van der Waals surface area contributed by atoms with Crippen molar-refractivity contribution in [3.63, 3.8) is 0 Å². The van der Waals surface area contributed by atoms with Crippen LogP contribution in [0, 0.1) is 0 Å². The lowest BCUT2D eigenvalue weighted by Crippen LogP contribution is -2.45. The first-order valence-corrected chi connectivity index (χ1v) is 34.4. The van der Waals surface area contributed by atoms with E-state index in [0.717, 1.165) is 51.4 Å². The number of unbranched alkanes of at least 4 members (excludes halogenated alkanes) is 47. The number of aliphatic hydroxyl groups excluding tert-OH is 2. The van der Waals surface area contributed by atoms with Crippen molar-refractivity contribution in [2.45, 2.75) is 379 Å². The Morgan fingerprint density at radius 2 is 0.649 bits per heavy atom. The van der Waals surface area contributed by atoms with Crippen molar-refractivity contribution in [1.82, 2.24) is 5.32 Å². The summed E-state index contributed by atoms with van der Waals surface area (Å²) in [7, 11) is 0. The van der Waals surface area contributed by atoms with Gasteiger partial charge in [-0.15, -0.1) is 0 Å². The number of allylic oxidation sites excluding steroid dienone is 7. The first-order chi connectivity index (χ1) is 38.0. The van der Waals surface area contributed by atoms with E-state index in [4.69, 9.17) is 4.74 Å². The van der Waals surface area contributed by atoms with Gasteiger partial charge in [-0.05, 0) is 89.9 Å². The predicted molar refractivity (Wildman–Crippen MR) is 338 cm³/mol. The average Bonchev–Trinajstić information content (AvgIpc) is 3.43. The number of amides is 1. The fourth-order valence-corrected chi connectivity index (χ4v) is 10.5.